The highest BCUT2D eigenvalue weighted by molar-refractivity contribution is 7.13. The molecule has 6 heteroatoms. The van der Waals surface area contributed by atoms with Crippen molar-refractivity contribution in [1.29, 1.82) is 0 Å². The lowest BCUT2D eigenvalue weighted by Gasteiger charge is -2.25. The van der Waals surface area contributed by atoms with Crippen molar-refractivity contribution in [2.75, 3.05) is 12.0 Å². The number of rotatable bonds is 9. The third kappa shape index (κ3) is 9.05. The summed E-state index contributed by atoms with van der Waals surface area (Å²) in [7, 11) is 1.70. The Kier molecular flexibility index (Phi) is 12.9. The zero-order valence-electron chi connectivity index (χ0n) is 50.5. The van der Waals surface area contributed by atoms with Gasteiger partial charge in [-0.25, -0.2) is 0 Å². The van der Waals surface area contributed by atoms with Gasteiger partial charge in [0.2, 0.25) is 0 Å². The molecule has 4 heterocycles. The van der Waals surface area contributed by atoms with Gasteiger partial charge in [0.1, 0.15) is 33.7 Å². The molecule has 15 aromatic carbocycles. The molecule has 0 radical (unpaired) electrons. The van der Waals surface area contributed by atoms with Crippen molar-refractivity contribution in [3.8, 4) is 60.7 Å². The SMILES string of the molecule is COc1ccc(-c2cc3cc(-c4ccccc4)c(-c4cccs4)cc3c3c2ccc2c4ccccc4oc23)cc1.c1ccc(N(c2ccccc2)c2ccc(-c3cc4c(-c5coc6ccccc56)cccc4c4c3ccc3c5ccc6ccccc6c5oc34)cc2)cc1. The third-order valence-electron chi connectivity index (χ3n) is 18.6. The van der Waals surface area contributed by atoms with Gasteiger partial charge in [0.05, 0.1) is 13.4 Å². The Morgan fingerprint density at radius 3 is 1.56 bits per heavy atom. The summed E-state index contributed by atoms with van der Waals surface area (Å²) in [4.78, 5) is 3.55. The molecule has 0 atom stereocenters. The van der Waals surface area contributed by atoms with Gasteiger partial charge in [-0.2, -0.15) is 0 Å². The first kappa shape index (κ1) is 54.0. The van der Waals surface area contributed by atoms with Crippen LogP contribution in [0.3, 0.4) is 0 Å². The highest BCUT2D eigenvalue weighted by atomic mass is 32.1. The van der Waals surface area contributed by atoms with Crippen LogP contribution in [0, 0.1) is 0 Å². The molecule has 0 saturated carbocycles. The van der Waals surface area contributed by atoms with Crippen LogP contribution in [0.15, 0.2) is 328 Å². The van der Waals surface area contributed by atoms with Crippen LogP contribution >= 0.6 is 11.3 Å². The highest BCUT2D eigenvalue weighted by Gasteiger charge is 2.23. The van der Waals surface area contributed by atoms with E-state index >= 15 is 0 Å². The molecule has 0 N–H and O–H groups in total. The minimum absolute atomic E-state index is 0.848. The highest BCUT2D eigenvalue weighted by Crippen LogP contribution is 2.49. The summed E-state index contributed by atoms with van der Waals surface area (Å²) in [5.41, 5.74) is 18.4. The molecule has 0 aliphatic rings. The predicted molar refractivity (Wildman–Crippen MR) is 391 cm³/mol. The maximum absolute atomic E-state index is 7.00. The Morgan fingerprint density at radius 2 is 0.839 bits per heavy atom. The first-order valence-corrected chi connectivity index (χ1v) is 32.2. The second-order valence-electron chi connectivity index (χ2n) is 23.7. The molecule has 4 aromatic heterocycles. The minimum atomic E-state index is 0.848. The molecule has 0 amide bonds. The van der Waals surface area contributed by atoms with Crippen molar-refractivity contribution in [3.05, 3.63) is 315 Å². The van der Waals surface area contributed by atoms with E-state index < -0.39 is 0 Å². The van der Waals surface area contributed by atoms with Crippen LogP contribution in [0.2, 0.25) is 0 Å². The van der Waals surface area contributed by atoms with Gasteiger partial charge in [0.25, 0.3) is 0 Å². The number of nitrogens with zero attached hydrogens (tertiary/aromatic N) is 1. The lowest BCUT2D eigenvalue weighted by Crippen LogP contribution is -2.09. The molecule has 0 fully saturated rings. The van der Waals surface area contributed by atoms with Crippen LogP contribution < -0.4 is 9.64 Å². The van der Waals surface area contributed by atoms with Crippen LogP contribution in [0.25, 0.3) is 164 Å². The monoisotopic (exact) mass is 1210 g/mol. The van der Waals surface area contributed by atoms with Crippen LogP contribution in [-0.4, -0.2) is 7.11 Å². The van der Waals surface area contributed by atoms with E-state index in [1.54, 1.807) is 18.4 Å². The molecular formula is C87H55NO4S. The summed E-state index contributed by atoms with van der Waals surface area (Å²) < 4.78 is 25.2. The lowest BCUT2D eigenvalue weighted by molar-refractivity contribution is 0.415. The van der Waals surface area contributed by atoms with Gasteiger partial charge >= 0.3 is 0 Å². The quantitative estimate of drug-likeness (QED) is 0.135. The number of benzene rings is 15. The summed E-state index contributed by atoms with van der Waals surface area (Å²) in [6, 6.07) is 108. The third-order valence-corrected chi connectivity index (χ3v) is 19.5. The molecule has 0 aliphatic carbocycles. The number of furan rings is 3. The van der Waals surface area contributed by atoms with E-state index in [0.717, 1.165) is 138 Å². The number of anilines is 3. The largest absolute Gasteiger partial charge is 0.497 e. The molecule has 0 bridgehead atoms. The summed E-state index contributed by atoms with van der Waals surface area (Å²) in [6.07, 6.45) is 1.90. The van der Waals surface area contributed by atoms with E-state index in [1.807, 2.05) is 36.6 Å². The van der Waals surface area contributed by atoms with Crippen molar-refractivity contribution in [2.24, 2.45) is 0 Å². The van der Waals surface area contributed by atoms with Gasteiger partial charge in [0, 0.05) is 76.2 Å². The number of thiophene rings is 1. The Balaban J connectivity index is 0.000000143. The summed E-state index contributed by atoms with van der Waals surface area (Å²) in [5.74, 6) is 0.848. The topological polar surface area (TPSA) is 51.9 Å². The zero-order chi connectivity index (χ0) is 61.5. The number of fused-ring (bicyclic) bond motifs is 17. The van der Waals surface area contributed by atoms with Crippen molar-refractivity contribution in [3.63, 3.8) is 0 Å². The Hall–Kier alpha value is -12.0. The number of ether oxygens (including phenoxy) is 1. The zero-order valence-corrected chi connectivity index (χ0v) is 51.3. The van der Waals surface area contributed by atoms with Gasteiger partial charge in [-0.1, -0.05) is 194 Å². The van der Waals surface area contributed by atoms with E-state index in [2.05, 4.69) is 283 Å². The lowest BCUT2D eigenvalue weighted by atomic mass is 9.88. The van der Waals surface area contributed by atoms with E-state index in [-0.39, 0.29) is 0 Å². The first-order chi connectivity index (χ1) is 46.1. The Bertz CT molecular complexity index is 6030. The van der Waals surface area contributed by atoms with Crippen molar-refractivity contribution < 1.29 is 18.0 Å². The fraction of sp³-hybridized carbons (Fsp3) is 0.0115. The van der Waals surface area contributed by atoms with E-state index in [1.165, 1.54) is 48.7 Å². The molecule has 0 aliphatic heterocycles. The maximum Gasteiger partial charge on any atom is 0.143 e. The molecule has 19 aromatic rings. The summed E-state index contributed by atoms with van der Waals surface area (Å²) in [5, 5.41) is 19.3. The number of para-hydroxylation sites is 4. The van der Waals surface area contributed by atoms with E-state index in [4.69, 9.17) is 18.0 Å². The smallest absolute Gasteiger partial charge is 0.143 e. The second-order valence-corrected chi connectivity index (χ2v) is 24.7. The van der Waals surface area contributed by atoms with Gasteiger partial charge in [-0.15, -0.1) is 11.3 Å². The Labute approximate surface area is 539 Å². The molecule has 93 heavy (non-hydrogen) atoms. The standard InChI is InChI=1S/C50H31NO2.C37H24O2S/c1-3-13-34(14-4-1)51(35-15-5-2-6-16-35)36-25-22-33(23-26-36)44-30-45-38(46-31-52-47-21-10-9-18-39(46)47)19-11-20-40(45)48-41(44)28-29-43-42-27-24-32-12-7-8-17-37(32)49(42)53-50(43)48;1-38-26-15-13-24(14-16-26)30-20-25-21-31(23-8-3-2-4-9-23)33(35-12-7-19-40-35)22-32(25)36-28(30)17-18-29-27-10-5-6-11-34(27)39-37(29)36/h1-31H;2-22H,1H3. The van der Waals surface area contributed by atoms with Gasteiger partial charge in [0.15, 0.2) is 0 Å². The van der Waals surface area contributed by atoms with Gasteiger partial charge in [-0.05, 0) is 191 Å². The molecule has 0 unspecified atom stereocenters. The van der Waals surface area contributed by atoms with Crippen molar-refractivity contribution >= 4 is 137 Å². The van der Waals surface area contributed by atoms with Crippen LogP contribution in [-0.2, 0) is 0 Å². The molecule has 438 valence electrons. The van der Waals surface area contributed by atoms with Crippen molar-refractivity contribution in [1.82, 2.24) is 0 Å². The first-order valence-electron chi connectivity index (χ1n) is 31.4. The number of hydrogen-bond donors (Lipinski definition) is 0. The number of methoxy groups -OCH3 is 1. The van der Waals surface area contributed by atoms with E-state index in [9.17, 15) is 0 Å². The van der Waals surface area contributed by atoms with Gasteiger partial charge in [-0.3, -0.25) is 0 Å². The van der Waals surface area contributed by atoms with Gasteiger partial charge < -0.3 is 22.9 Å². The van der Waals surface area contributed by atoms with Crippen LogP contribution in [0.5, 0.6) is 5.75 Å². The van der Waals surface area contributed by atoms with Crippen LogP contribution in [0.4, 0.5) is 17.1 Å². The van der Waals surface area contributed by atoms with Crippen LogP contribution in [0.1, 0.15) is 0 Å². The maximum atomic E-state index is 7.00. The molecule has 5 nitrogen and oxygen atoms in total. The molecule has 0 spiro atoms. The van der Waals surface area contributed by atoms with Crippen molar-refractivity contribution in [2.45, 2.75) is 0 Å². The average molecular weight is 1210 g/mol. The average Bonchev–Trinajstić information content (AvgIpc) is 1.69. The van der Waals surface area contributed by atoms with E-state index in [0.29, 0.717) is 0 Å². The fourth-order valence-electron chi connectivity index (χ4n) is 14.2. The Morgan fingerprint density at radius 1 is 0.301 bits per heavy atom. The summed E-state index contributed by atoms with van der Waals surface area (Å²) >= 11 is 1.77. The minimum Gasteiger partial charge on any atom is -0.497 e. The second kappa shape index (κ2) is 22.2. The molecule has 19 rings (SSSR count). The number of hydrogen-bond acceptors (Lipinski definition) is 6. The summed E-state index contributed by atoms with van der Waals surface area (Å²) in [6.45, 7) is 0. The normalized spacial score (nSPS) is 11.7. The molecule has 0 saturated heterocycles. The predicted octanol–water partition coefficient (Wildman–Crippen LogP) is 25.6. The fourth-order valence-corrected chi connectivity index (χ4v) is 15.0. The molecular weight excluding hydrogens is 1160 g/mol.